The first kappa shape index (κ1) is 12.9. The SMILES string of the molecule is CC(=O)OCC12CC3CC(OCC(=O)O)(CC3C1)C2. The van der Waals surface area contributed by atoms with Gasteiger partial charge in [0.2, 0.25) is 0 Å². The van der Waals surface area contributed by atoms with E-state index in [0.29, 0.717) is 18.4 Å². The topological polar surface area (TPSA) is 72.8 Å². The van der Waals surface area contributed by atoms with Gasteiger partial charge in [0, 0.05) is 12.3 Å². The van der Waals surface area contributed by atoms with E-state index in [9.17, 15) is 9.59 Å². The van der Waals surface area contributed by atoms with Crippen LogP contribution >= 0.6 is 0 Å². The highest BCUT2D eigenvalue weighted by Crippen LogP contribution is 2.66. The van der Waals surface area contributed by atoms with Crippen molar-refractivity contribution < 1.29 is 24.2 Å². The maximum absolute atomic E-state index is 11.0. The van der Waals surface area contributed by atoms with Gasteiger partial charge in [-0.15, -0.1) is 0 Å². The first-order valence-electron chi connectivity index (χ1n) is 6.91. The molecule has 4 aliphatic rings. The Hall–Kier alpha value is -1.10. The van der Waals surface area contributed by atoms with Crippen LogP contribution < -0.4 is 0 Å². The van der Waals surface area contributed by atoms with Gasteiger partial charge in [-0.2, -0.15) is 0 Å². The monoisotopic (exact) mass is 268 g/mol. The maximum atomic E-state index is 11.0. The fourth-order valence-electron chi connectivity index (χ4n) is 4.83. The van der Waals surface area contributed by atoms with E-state index in [-0.39, 0.29) is 23.6 Å². The number of carboxylic acids is 1. The third kappa shape index (κ3) is 2.24. The Balaban J connectivity index is 1.70. The first-order valence-corrected chi connectivity index (χ1v) is 6.91. The van der Waals surface area contributed by atoms with E-state index >= 15 is 0 Å². The Kier molecular flexibility index (Phi) is 2.85. The molecule has 0 heterocycles. The molecule has 106 valence electrons. The summed E-state index contributed by atoms with van der Waals surface area (Å²) < 4.78 is 10.9. The lowest BCUT2D eigenvalue weighted by molar-refractivity contribution is -0.162. The van der Waals surface area contributed by atoms with Gasteiger partial charge >= 0.3 is 11.9 Å². The van der Waals surface area contributed by atoms with Gasteiger partial charge in [0.25, 0.3) is 0 Å². The molecule has 1 N–H and O–H groups in total. The summed E-state index contributed by atoms with van der Waals surface area (Å²) in [5.74, 6) is 0.0971. The zero-order valence-electron chi connectivity index (χ0n) is 11.2. The van der Waals surface area contributed by atoms with Crippen LogP contribution in [0.2, 0.25) is 0 Å². The second-order valence-corrected chi connectivity index (χ2v) is 6.66. The Morgan fingerprint density at radius 1 is 1.21 bits per heavy atom. The lowest BCUT2D eigenvalue weighted by Crippen LogP contribution is -2.45. The highest BCUT2D eigenvalue weighted by molar-refractivity contribution is 5.68. The molecule has 0 radical (unpaired) electrons. The van der Waals surface area contributed by atoms with Crippen LogP contribution in [0.1, 0.15) is 39.0 Å². The lowest BCUT2D eigenvalue weighted by Gasteiger charge is -2.45. The van der Waals surface area contributed by atoms with Gasteiger partial charge in [-0.1, -0.05) is 0 Å². The largest absolute Gasteiger partial charge is 0.480 e. The van der Waals surface area contributed by atoms with Crippen LogP contribution in [0, 0.1) is 17.3 Å². The van der Waals surface area contributed by atoms with E-state index in [2.05, 4.69) is 0 Å². The van der Waals surface area contributed by atoms with Crippen molar-refractivity contribution in [3.8, 4) is 0 Å². The van der Waals surface area contributed by atoms with Gasteiger partial charge in [-0.25, -0.2) is 4.79 Å². The molecule has 4 bridgehead atoms. The molecule has 0 aromatic rings. The molecule has 0 amide bonds. The van der Waals surface area contributed by atoms with E-state index in [0.717, 1.165) is 32.1 Å². The molecular formula is C14H20O5. The third-order valence-electron chi connectivity index (χ3n) is 5.11. The fourth-order valence-corrected chi connectivity index (χ4v) is 4.83. The molecule has 0 aromatic heterocycles. The highest BCUT2D eigenvalue weighted by Gasteiger charge is 2.63. The number of carbonyl (C=O) groups is 2. The van der Waals surface area contributed by atoms with Crippen molar-refractivity contribution in [3.63, 3.8) is 0 Å². The molecule has 2 atom stereocenters. The summed E-state index contributed by atoms with van der Waals surface area (Å²) in [7, 11) is 0. The van der Waals surface area contributed by atoms with E-state index in [1.807, 2.05) is 0 Å². The maximum Gasteiger partial charge on any atom is 0.329 e. The molecule has 4 aliphatic carbocycles. The number of ether oxygens (including phenoxy) is 2. The van der Waals surface area contributed by atoms with Gasteiger partial charge in [0.15, 0.2) is 0 Å². The average Bonchev–Trinajstić information content (AvgIpc) is 2.71. The van der Waals surface area contributed by atoms with Gasteiger partial charge in [0.1, 0.15) is 6.61 Å². The Morgan fingerprint density at radius 3 is 2.37 bits per heavy atom. The van der Waals surface area contributed by atoms with Crippen molar-refractivity contribution in [2.75, 3.05) is 13.2 Å². The third-order valence-corrected chi connectivity index (χ3v) is 5.11. The molecule has 0 aromatic carbocycles. The van der Waals surface area contributed by atoms with E-state index in [1.165, 1.54) is 6.92 Å². The lowest BCUT2D eigenvalue weighted by atomic mass is 9.67. The minimum absolute atomic E-state index is 0.0377. The zero-order chi connectivity index (χ0) is 13.7. The first-order chi connectivity index (χ1) is 8.92. The number of hydrogen-bond acceptors (Lipinski definition) is 4. The average molecular weight is 268 g/mol. The van der Waals surface area contributed by atoms with Gasteiger partial charge in [-0.05, 0) is 43.9 Å². The summed E-state index contributed by atoms with van der Waals surface area (Å²) in [4.78, 5) is 21.7. The van der Waals surface area contributed by atoms with E-state index in [4.69, 9.17) is 14.6 Å². The summed E-state index contributed by atoms with van der Waals surface area (Å²) >= 11 is 0. The van der Waals surface area contributed by atoms with E-state index < -0.39 is 5.97 Å². The van der Waals surface area contributed by atoms with Crippen molar-refractivity contribution >= 4 is 11.9 Å². The molecule has 0 saturated heterocycles. The van der Waals surface area contributed by atoms with Crippen molar-refractivity contribution in [2.24, 2.45) is 17.3 Å². The van der Waals surface area contributed by atoms with Crippen molar-refractivity contribution in [2.45, 2.75) is 44.6 Å². The fraction of sp³-hybridized carbons (Fsp3) is 0.857. The van der Waals surface area contributed by atoms with Crippen LogP contribution in [0.15, 0.2) is 0 Å². The smallest absolute Gasteiger partial charge is 0.329 e. The summed E-state index contributed by atoms with van der Waals surface area (Å²) in [6.45, 7) is 1.68. The quantitative estimate of drug-likeness (QED) is 0.767. The minimum atomic E-state index is -0.911. The molecule has 4 saturated carbocycles. The highest BCUT2D eigenvalue weighted by atomic mass is 16.5. The molecule has 0 aliphatic heterocycles. The summed E-state index contributed by atoms with van der Waals surface area (Å²) in [5.41, 5.74) is -0.236. The predicted octanol–water partition coefficient (Wildman–Crippen LogP) is 1.60. The normalized spacial score (nSPS) is 42.6. The van der Waals surface area contributed by atoms with E-state index in [1.54, 1.807) is 0 Å². The van der Waals surface area contributed by atoms with Crippen molar-refractivity contribution in [3.05, 3.63) is 0 Å². The second kappa shape index (κ2) is 4.20. The molecule has 5 heteroatoms. The summed E-state index contributed by atoms with van der Waals surface area (Å²) in [6, 6.07) is 0. The molecule has 5 nitrogen and oxygen atoms in total. The number of carbonyl (C=O) groups excluding carboxylic acids is 1. The zero-order valence-corrected chi connectivity index (χ0v) is 11.2. The Labute approximate surface area is 112 Å². The van der Waals surface area contributed by atoms with Crippen molar-refractivity contribution in [1.82, 2.24) is 0 Å². The summed E-state index contributed by atoms with van der Waals surface area (Å²) in [5, 5.41) is 8.79. The van der Waals surface area contributed by atoms with Gasteiger partial charge < -0.3 is 14.6 Å². The van der Waals surface area contributed by atoms with Crippen LogP contribution in [0.5, 0.6) is 0 Å². The van der Waals surface area contributed by atoms with Crippen LogP contribution in [0.3, 0.4) is 0 Å². The standard InChI is InChI=1S/C14H20O5/c1-9(15)18-8-13-2-10-4-14(7-13,5-11(10)3-13)19-6-12(16)17/h10-11H,2-8H2,1H3,(H,16,17). The molecule has 4 fully saturated rings. The number of carboxylic acid groups (broad SMARTS) is 1. The van der Waals surface area contributed by atoms with Crippen LogP contribution in [0.4, 0.5) is 0 Å². The van der Waals surface area contributed by atoms with Crippen molar-refractivity contribution in [1.29, 1.82) is 0 Å². The van der Waals surface area contributed by atoms with Crippen LogP contribution in [0.25, 0.3) is 0 Å². The Bertz CT molecular complexity index is 366. The number of esters is 1. The minimum Gasteiger partial charge on any atom is -0.480 e. The van der Waals surface area contributed by atoms with Crippen LogP contribution in [-0.2, 0) is 19.1 Å². The molecule has 19 heavy (non-hydrogen) atoms. The number of hydrogen-bond donors (Lipinski definition) is 1. The predicted molar refractivity (Wildman–Crippen MR) is 65.4 cm³/mol. The van der Waals surface area contributed by atoms with Crippen LogP contribution in [-0.4, -0.2) is 35.9 Å². The van der Waals surface area contributed by atoms with Gasteiger partial charge in [-0.3, -0.25) is 4.79 Å². The molecule has 0 spiro atoms. The van der Waals surface area contributed by atoms with Gasteiger partial charge in [0.05, 0.1) is 12.2 Å². The Morgan fingerprint density at radius 2 is 1.84 bits per heavy atom. The number of aliphatic carboxylic acids is 1. The molecule has 2 unspecified atom stereocenters. The molecule has 4 rings (SSSR count). The summed E-state index contributed by atoms with van der Waals surface area (Å²) in [6.07, 6.45) is 5.00. The molecular weight excluding hydrogens is 248 g/mol. The number of rotatable bonds is 5. The second-order valence-electron chi connectivity index (χ2n) is 6.66.